The first-order chi connectivity index (χ1) is 14.0. The highest BCUT2D eigenvalue weighted by atomic mass is 35.5. The molecule has 3 aromatic rings. The molecule has 2 aromatic heterocycles. The Labute approximate surface area is 172 Å². The largest absolute Gasteiger partial charge is 0.440 e. The van der Waals surface area contributed by atoms with Crippen LogP contribution in [0.2, 0.25) is 5.02 Å². The van der Waals surface area contributed by atoms with Crippen LogP contribution >= 0.6 is 11.6 Å². The van der Waals surface area contributed by atoms with Crippen LogP contribution in [-0.4, -0.2) is 9.55 Å². The molecule has 6 nitrogen and oxygen atoms in total. The molecule has 0 saturated heterocycles. The number of pyridine rings is 2. The van der Waals surface area contributed by atoms with E-state index in [1.807, 2.05) is 31.2 Å². The maximum absolute atomic E-state index is 13.5. The molecule has 0 radical (unpaired) electrons. The van der Waals surface area contributed by atoms with Gasteiger partial charge in [0, 0.05) is 23.0 Å². The van der Waals surface area contributed by atoms with Crippen LogP contribution in [0.1, 0.15) is 28.4 Å². The first-order valence-corrected chi connectivity index (χ1v) is 9.34. The summed E-state index contributed by atoms with van der Waals surface area (Å²) in [6.45, 7) is 2.13. The maximum atomic E-state index is 13.5. The molecule has 0 bridgehead atoms. The quantitative estimate of drug-likeness (QED) is 0.721. The third-order valence-corrected chi connectivity index (χ3v) is 5.15. The van der Waals surface area contributed by atoms with Crippen molar-refractivity contribution in [1.29, 1.82) is 5.26 Å². The fourth-order valence-corrected chi connectivity index (χ4v) is 3.75. The SMILES string of the molecule is Cc1cc2c(c(=O)n1Cc1ccccn1)[C@@H](c1cccc(Cl)c1)C(C#N)=C(N)O2. The van der Waals surface area contributed by atoms with Crippen molar-refractivity contribution < 1.29 is 4.74 Å². The van der Waals surface area contributed by atoms with E-state index in [2.05, 4.69) is 11.1 Å². The van der Waals surface area contributed by atoms with Crippen LogP contribution in [0, 0.1) is 18.3 Å². The highest BCUT2D eigenvalue weighted by molar-refractivity contribution is 6.30. The molecule has 0 amide bonds. The molecule has 0 aliphatic carbocycles. The number of rotatable bonds is 3. The summed E-state index contributed by atoms with van der Waals surface area (Å²) in [5.41, 5.74) is 8.47. The van der Waals surface area contributed by atoms with Gasteiger partial charge in [-0.2, -0.15) is 5.26 Å². The fourth-order valence-electron chi connectivity index (χ4n) is 3.56. The smallest absolute Gasteiger partial charge is 0.259 e. The summed E-state index contributed by atoms with van der Waals surface area (Å²) in [7, 11) is 0. The van der Waals surface area contributed by atoms with Crippen molar-refractivity contribution in [2.75, 3.05) is 0 Å². The number of ether oxygens (including phenoxy) is 1. The molecule has 1 atom stereocenters. The number of hydrogen-bond donors (Lipinski definition) is 1. The summed E-state index contributed by atoms with van der Waals surface area (Å²) in [5, 5.41) is 10.2. The number of nitrogens with two attached hydrogens (primary N) is 1. The van der Waals surface area contributed by atoms with Gasteiger partial charge in [0.1, 0.15) is 17.4 Å². The van der Waals surface area contributed by atoms with Gasteiger partial charge >= 0.3 is 0 Å². The van der Waals surface area contributed by atoms with Gasteiger partial charge in [-0.05, 0) is 36.8 Å². The van der Waals surface area contributed by atoms with Crippen molar-refractivity contribution in [2.24, 2.45) is 5.73 Å². The minimum absolute atomic E-state index is 0.00810. The van der Waals surface area contributed by atoms with Gasteiger partial charge in [-0.1, -0.05) is 29.8 Å². The molecule has 4 rings (SSSR count). The average Bonchev–Trinajstić information content (AvgIpc) is 2.71. The van der Waals surface area contributed by atoms with E-state index >= 15 is 0 Å². The molecule has 0 fully saturated rings. The van der Waals surface area contributed by atoms with E-state index in [4.69, 9.17) is 22.1 Å². The standard InChI is InChI=1S/C22H17ClN4O2/c1-13-9-18-20(22(28)27(13)12-16-7-2-3-8-26-16)19(17(11-24)21(25)29-18)14-5-4-6-15(23)10-14/h2-10,19H,12,25H2,1H3/t19-/m0/s1. The van der Waals surface area contributed by atoms with E-state index in [0.29, 0.717) is 34.1 Å². The molecule has 0 spiro atoms. The second-order valence-corrected chi connectivity index (χ2v) is 7.19. The highest BCUT2D eigenvalue weighted by Crippen LogP contribution is 2.40. The molecule has 1 aliphatic rings. The molecule has 29 heavy (non-hydrogen) atoms. The molecule has 1 aliphatic heterocycles. The Bertz CT molecular complexity index is 1230. The van der Waals surface area contributed by atoms with Gasteiger partial charge in [-0.15, -0.1) is 0 Å². The van der Waals surface area contributed by atoms with Gasteiger partial charge in [0.05, 0.1) is 23.7 Å². The van der Waals surface area contributed by atoms with E-state index < -0.39 is 5.92 Å². The Balaban J connectivity index is 1.94. The Morgan fingerprint density at radius 2 is 2.10 bits per heavy atom. The van der Waals surface area contributed by atoms with Gasteiger partial charge in [0.15, 0.2) is 0 Å². The second kappa shape index (κ2) is 7.46. The predicted octanol–water partition coefficient (Wildman–Crippen LogP) is 3.47. The number of hydrogen-bond acceptors (Lipinski definition) is 5. The molecule has 7 heteroatoms. The molecule has 0 saturated carbocycles. The second-order valence-electron chi connectivity index (χ2n) is 6.76. The maximum Gasteiger partial charge on any atom is 0.259 e. The number of halogens is 1. The zero-order valence-electron chi connectivity index (χ0n) is 15.6. The van der Waals surface area contributed by atoms with Crippen LogP contribution in [0.5, 0.6) is 5.75 Å². The van der Waals surface area contributed by atoms with Crippen LogP contribution in [0.25, 0.3) is 0 Å². The van der Waals surface area contributed by atoms with Gasteiger partial charge in [0.25, 0.3) is 5.56 Å². The van der Waals surface area contributed by atoms with E-state index in [1.165, 1.54) is 0 Å². The van der Waals surface area contributed by atoms with Crippen LogP contribution in [0.4, 0.5) is 0 Å². The summed E-state index contributed by atoms with van der Waals surface area (Å²) in [6.07, 6.45) is 1.68. The van der Waals surface area contributed by atoms with E-state index in [0.717, 1.165) is 5.69 Å². The Kier molecular flexibility index (Phi) is 4.83. The number of allylic oxidation sites excluding steroid dienone is 1. The van der Waals surface area contributed by atoms with Crippen molar-refractivity contribution in [3.8, 4) is 11.8 Å². The van der Waals surface area contributed by atoms with E-state index in [1.54, 1.807) is 35.0 Å². The minimum Gasteiger partial charge on any atom is -0.440 e. The summed E-state index contributed by atoms with van der Waals surface area (Å²) >= 11 is 6.17. The van der Waals surface area contributed by atoms with Crippen LogP contribution in [0.3, 0.4) is 0 Å². The first-order valence-electron chi connectivity index (χ1n) is 8.97. The van der Waals surface area contributed by atoms with Crippen molar-refractivity contribution in [1.82, 2.24) is 9.55 Å². The Hall–Kier alpha value is -3.56. The van der Waals surface area contributed by atoms with Crippen LogP contribution in [0.15, 0.2) is 71.0 Å². The number of aromatic nitrogens is 2. The predicted molar refractivity (Wildman–Crippen MR) is 110 cm³/mol. The van der Waals surface area contributed by atoms with Crippen LogP contribution in [-0.2, 0) is 6.54 Å². The topological polar surface area (TPSA) is 93.9 Å². The average molecular weight is 405 g/mol. The zero-order valence-corrected chi connectivity index (χ0v) is 16.3. The third-order valence-electron chi connectivity index (χ3n) is 4.92. The molecular weight excluding hydrogens is 388 g/mol. The molecule has 0 unspecified atom stereocenters. The molecule has 1 aromatic carbocycles. The van der Waals surface area contributed by atoms with Gasteiger partial charge in [-0.25, -0.2) is 0 Å². The first kappa shape index (κ1) is 18.8. The van der Waals surface area contributed by atoms with Crippen molar-refractivity contribution >= 4 is 11.6 Å². The molecular formula is C22H17ClN4O2. The Morgan fingerprint density at radius 1 is 1.28 bits per heavy atom. The van der Waals surface area contributed by atoms with Crippen molar-refractivity contribution in [2.45, 2.75) is 19.4 Å². The summed E-state index contributed by atoms with van der Waals surface area (Å²) in [5.74, 6) is -0.317. The molecule has 144 valence electrons. The summed E-state index contributed by atoms with van der Waals surface area (Å²) in [6, 6.07) is 16.5. The fraction of sp³-hybridized carbons (Fsp3) is 0.136. The lowest BCUT2D eigenvalue weighted by Gasteiger charge is -2.27. The lowest BCUT2D eigenvalue weighted by molar-refractivity contribution is 0.389. The van der Waals surface area contributed by atoms with Gasteiger partial charge in [0.2, 0.25) is 5.88 Å². The van der Waals surface area contributed by atoms with E-state index in [-0.39, 0.29) is 17.0 Å². The summed E-state index contributed by atoms with van der Waals surface area (Å²) < 4.78 is 7.28. The number of benzene rings is 1. The van der Waals surface area contributed by atoms with Gasteiger partial charge in [-0.3, -0.25) is 9.78 Å². The Morgan fingerprint density at radius 3 is 2.79 bits per heavy atom. The zero-order chi connectivity index (χ0) is 20.5. The summed E-state index contributed by atoms with van der Waals surface area (Å²) in [4.78, 5) is 17.8. The highest BCUT2D eigenvalue weighted by Gasteiger charge is 2.34. The number of nitrogens with zero attached hydrogens (tertiary/aromatic N) is 3. The lowest BCUT2D eigenvalue weighted by Crippen LogP contribution is -2.33. The van der Waals surface area contributed by atoms with Crippen molar-refractivity contribution in [3.05, 3.63) is 104 Å². The number of aryl methyl sites for hydroxylation is 1. The third kappa shape index (κ3) is 3.37. The number of fused-ring (bicyclic) bond motifs is 1. The monoisotopic (exact) mass is 404 g/mol. The van der Waals surface area contributed by atoms with Gasteiger partial charge < -0.3 is 15.0 Å². The van der Waals surface area contributed by atoms with E-state index in [9.17, 15) is 10.1 Å². The minimum atomic E-state index is -0.662. The van der Waals surface area contributed by atoms with Crippen LogP contribution < -0.4 is 16.0 Å². The molecule has 3 heterocycles. The molecule has 2 N–H and O–H groups in total. The number of nitriles is 1. The van der Waals surface area contributed by atoms with Crippen molar-refractivity contribution in [3.63, 3.8) is 0 Å². The normalized spacial score (nSPS) is 15.4. The lowest BCUT2D eigenvalue weighted by atomic mass is 9.84.